The Bertz CT molecular complexity index is 807. The van der Waals surface area contributed by atoms with Gasteiger partial charge in [-0.05, 0) is 48.2 Å². The molecule has 0 amide bonds. The number of benzene rings is 2. The predicted octanol–water partition coefficient (Wildman–Crippen LogP) is 4.58. The first kappa shape index (κ1) is 20.6. The summed E-state index contributed by atoms with van der Waals surface area (Å²) in [5, 5.41) is 9.89. The molecule has 0 aliphatic carbocycles. The van der Waals surface area contributed by atoms with Crippen LogP contribution in [0.5, 0.6) is 0 Å². The lowest BCUT2D eigenvalue weighted by atomic mass is 9.98. The van der Waals surface area contributed by atoms with Crippen molar-refractivity contribution in [1.82, 2.24) is 4.90 Å². The minimum atomic E-state index is -0.692. The van der Waals surface area contributed by atoms with Crippen molar-refractivity contribution in [3.05, 3.63) is 76.8 Å². The molecule has 2 aromatic rings. The van der Waals surface area contributed by atoms with E-state index < -0.39 is 5.97 Å². The number of hydrogen-bond donors (Lipinski definition) is 1. The van der Waals surface area contributed by atoms with Crippen LogP contribution < -0.4 is 0 Å². The zero-order valence-corrected chi connectivity index (χ0v) is 16.6. The Balaban J connectivity index is 1.57. The number of carboxylic acids is 1. The number of rotatable bonds is 8. The quantitative estimate of drug-likeness (QED) is 0.660. The van der Waals surface area contributed by atoms with Crippen molar-refractivity contribution in [3.8, 4) is 0 Å². The summed E-state index contributed by atoms with van der Waals surface area (Å²) in [6.07, 6.45) is 3.79. The Morgan fingerprint density at radius 1 is 1.18 bits per heavy atom. The normalized spacial score (nSPS) is 18.2. The number of ether oxygens (including phenoxy) is 1. The average molecular weight is 400 g/mol. The van der Waals surface area contributed by atoms with Gasteiger partial charge in [0.05, 0.1) is 19.1 Å². The van der Waals surface area contributed by atoms with Gasteiger partial charge in [0.2, 0.25) is 0 Å². The van der Waals surface area contributed by atoms with E-state index in [0.29, 0.717) is 24.8 Å². The van der Waals surface area contributed by atoms with Crippen LogP contribution in [-0.4, -0.2) is 48.8 Å². The Morgan fingerprint density at radius 3 is 2.71 bits per heavy atom. The molecule has 1 atom stereocenters. The summed E-state index contributed by atoms with van der Waals surface area (Å²) in [5.41, 5.74) is 3.27. The molecule has 2 aromatic carbocycles. The Kier molecular flexibility index (Phi) is 7.66. The minimum Gasteiger partial charge on any atom is -0.481 e. The second-order valence-electron chi connectivity index (χ2n) is 7.05. The maximum atomic E-state index is 11.2. The standard InChI is InChI=1S/C23H26ClNO3/c24-21-10-4-8-19(16-21)22(18-6-2-1-3-7-18)11-14-28-15-13-25-12-5-9-20(17-25)23(26)27/h1-4,6-8,10-11,16,20H,5,9,12-15,17H2,(H,26,27)/b22-11-. The van der Waals surface area contributed by atoms with Crippen LogP contribution in [0, 0.1) is 5.92 Å². The van der Waals surface area contributed by atoms with E-state index in [1.54, 1.807) is 0 Å². The lowest BCUT2D eigenvalue weighted by Crippen LogP contribution is -2.40. The van der Waals surface area contributed by atoms with E-state index in [4.69, 9.17) is 16.3 Å². The average Bonchev–Trinajstić information content (AvgIpc) is 2.71. The van der Waals surface area contributed by atoms with E-state index >= 15 is 0 Å². The van der Waals surface area contributed by atoms with Crippen molar-refractivity contribution >= 4 is 23.1 Å². The summed E-state index contributed by atoms with van der Waals surface area (Å²) in [6.45, 7) is 3.40. The van der Waals surface area contributed by atoms with Gasteiger partial charge in [-0.25, -0.2) is 0 Å². The van der Waals surface area contributed by atoms with Gasteiger partial charge in [0.1, 0.15) is 0 Å². The van der Waals surface area contributed by atoms with Crippen LogP contribution in [0.3, 0.4) is 0 Å². The summed E-state index contributed by atoms with van der Waals surface area (Å²) < 4.78 is 5.84. The van der Waals surface area contributed by atoms with Crippen molar-refractivity contribution in [2.75, 3.05) is 32.8 Å². The molecule has 0 radical (unpaired) electrons. The largest absolute Gasteiger partial charge is 0.481 e. The van der Waals surface area contributed by atoms with Crippen molar-refractivity contribution < 1.29 is 14.6 Å². The summed E-state index contributed by atoms with van der Waals surface area (Å²) >= 11 is 6.17. The molecule has 1 heterocycles. The van der Waals surface area contributed by atoms with E-state index in [1.165, 1.54) is 0 Å². The fourth-order valence-electron chi connectivity index (χ4n) is 3.56. The monoisotopic (exact) mass is 399 g/mol. The molecule has 28 heavy (non-hydrogen) atoms. The van der Waals surface area contributed by atoms with Crippen molar-refractivity contribution in [2.45, 2.75) is 12.8 Å². The summed E-state index contributed by atoms with van der Waals surface area (Å²) in [7, 11) is 0. The van der Waals surface area contributed by atoms with Crippen LogP contribution >= 0.6 is 11.6 Å². The molecule has 0 saturated carbocycles. The van der Waals surface area contributed by atoms with Gasteiger partial charge in [0.25, 0.3) is 0 Å². The van der Waals surface area contributed by atoms with Crippen molar-refractivity contribution in [1.29, 1.82) is 0 Å². The van der Waals surface area contributed by atoms with Crippen LogP contribution in [0.2, 0.25) is 5.02 Å². The van der Waals surface area contributed by atoms with Gasteiger partial charge in [0.15, 0.2) is 0 Å². The zero-order chi connectivity index (χ0) is 19.8. The summed E-state index contributed by atoms with van der Waals surface area (Å²) in [5.74, 6) is -0.941. The number of hydrogen-bond acceptors (Lipinski definition) is 3. The number of piperidine rings is 1. The van der Waals surface area contributed by atoms with Crippen molar-refractivity contribution in [2.24, 2.45) is 5.92 Å². The fourth-order valence-corrected chi connectivity index (χ4v) is 3.75. The second-order valence-corrected chi connectivity index (χ2v) is 7.48. The molecule has 5 heteroatoms. The molecule has 1 saturated heterocycles. The topological polar surface area (TPSA) is 49.8 Å². The van der Waals surface area contributed by atoms with Gasteiger partial charge >= 0.3 is 5.97 Å². The van der Waals surface area contributed by atoms with Gasteiger partial charge < -0.3 is 14.7 Å². The third kappa shape index (κ3) is 5.93. The highest BCUT2D eigenvalue weighted by Gasteiger charge is 2.24. The number of carbonyl (C=O) groups is 1. The van der Waals surface area contributed by atoms with Crippen LogP contribution in [-0.2, 0) is 9.53 Å². The van der Waals surface area contributed by atoms with Crippen LogP contribution in [0.25, 0.3) is 5.57 Å². The minimum absolute atomic E-state index is 0.249. The molecule has 4 nitrogen and oxygen atoms in total. The number of halogens is 1. The molecule has 1 aliphatic heterocycles. The first-order valence-electron chi connectivity index (χ1n) is 9.68. The highest BCUT2D eigenvalue weighted by atomic mass is 35.5. The molecule has 3 rings (SSSR count). The molecule has 1 aliphatic rings. The number of nitrogens with zero attached hydrogens (tertiary/aromatic N) is 1. The van der Waals surface area contributed by atoms with E-state index in [1.807, 2.05) is 42.5 Å². The van der Waals surface area contributed by atoms with Gasteiger partial charge in [-0.2, -0.15) is 0 Å². The van der Waals surface area contributed by atoms with Gasteiger partial charge in [-0.1, -0.05) is 60.1 Å². The van der Waals surface area contributed by atoms with Gasteiger partial charge in [-0.3, -0.25) is 4.79 Å². The first-order chi connectivity index (χ1) is 13.6. The molecule has 0 bridgehead atoms. The number of carboxylic acid groups (broad SMARTS) is 1. The Labute approximate surface area is 171 Å². The molecule has 1 N–H and O–H groups in total. The van der Waals surface area contributed by atoms with E-state index in [9.17, 15) is 9.90 Å². The molecule has 0 spiro atoms. The van der Waals surface area contributed by atoms with Crippen molar-refractivity contribution in [3.63, 3.8) is 0 Å². The highest BCUT2D eigenvalue weighted by Crippen LogP contribution is 2.25. The number of likely N-dealkylation sites (tertiary alicyclic amines) is 1. The molecule has 148 valence electrons. The molecular formula is C23H26ClNO3. The Morgan fingerprint density at radius 2 is 1.96 bits per heavy atom. The molecule has 1 unspecified atom stereocenters. The number of aliphatic carboxylic acids is 1. The van der Waals surface area contributed by atoms with E-state index in [2.05, 4.69) is 23.1 Å². The van der Waals surface area contributed by atoms with Gasteiger partial charge in [0, 0.05) is 18.1 Å². The Hall–Kier alpha value is -2.14. The fraction of sp³-hybridized carbons (Fsp3) is 0.348. The zero-order valence-electron chi connectivity index (χ0n) is 15.9. The van der Waals surface area contributed by atoms with E-state index in [0.717, 1.165) is 42.6 Å². The third-order valence-electron chi connectivity index (χ3n) is 5.03. The smallest absolute Gasteiger partial charge is 0.307 e. The van der Waals surface area contributed by atoms with E-state index in [-0.39, 0.29) is 5.92 Å². The predicted molar refractivity (Wildman–Crippen MR) is 113 cm³/mol. The summed E-state index contributed by atoms with van der Waals surface area (Å²) in [4.78, 5) is 13.4. The lowest BCUT2D eigenvalue weighted by Gasteiger charge is -2.30. The first-order valence-corrected chi connectivity index (χ1v) is 10.1. The maximum absolute atomic E-state index is 11.2. The molecular weight excluding hydrogens is 374 g/mol. The van der Waals surface area contributed by atoms with Crippen LogP contribution in [0.15, 0.2) is 60.7 Å². The molecule has 0 aromatic heterocycles. The second kappa shape index (κ2) is 10.4. The highest BCUT2D eigenvalue weighted by molar-refractivity contribution is 6.30. The summed E-state index contributed by atoms with van der Waals surface area (Å²) in [6, 6.07) is 18.0. The van der Waals surface area contributed by atoms with Crippen LogP contribution in [0.1, 0.15) is 24.0 Å². The third-order valence-corrected chi connectivity index (χ3v) is 5.27. The maximum Gasteiger partial charge on any atom is 0.307 e. The lowest BCUT2D eigenvalue weighted by molar-refractivity contribution is -0.143. The van der Waals surface area contributed by atoms with Crippen LogP contribution in [0.4, 0.5) is 0 Å². The van der Waals surface area contributed by atoms with Gasteiger partial charge in [-0.15, -0.1) is 0 Å². The molecule has 1 fully saturated rings. The SMILES string of the molecule is O=C(O)C1CCCN(CCOC/C=C(/c2ccccc2)c2cccc(Cl)c2)C1.